The van der Waals surface area contributed by atoms with Gasteiger partial charge in [-0.1, -0.05) is 0 Å². The molecule has 0 unspecified atom stereocenters. The third kappa shape index (κ3) is 4.51. The second-order valence-electron chi connectivity index (χ2n) is 4.94. The highest BCUT2D eigenvalue weighted by atomic mass is 16.5. The maximum atomic E-state index is 11.7. The lowest BCUT2D eigenvalue weighted by atomic mass is 10.2. The molecule has 0 aliphatic carbocycles. The van der Waals surface area contributed by atoms with Gasteiger partial charge >= 0.3 is 0 Å². The number of nitrogens with one attached hydrogen (secondary N) is 1. The monoisotopic (exact) mass is 277 g/mol. The quantitative estimate of drug-likeness (QED) is 0.775. The number of unbranched alkanes of at least 4 members (excludes halogenated alkanes) is 1. The Labute approximate surface area is 120 Å². The number of carbonyl (C=O) groups is 1. The van der Waals surface area contributed by atoms with Crippen molar-refractivity contribution in [1.29, 1.82) is 0 Å². The zero-order chi connectivity index (χ0) is 14.2. The second kappa shape index (κ2) is 7.87. The van der Waals surface area contributed by atoms with Gasteiger partial charge in [-0.15, -0.1) is 0 Å². The Morgan fingerprint density at radius 3 is 2.55 bits per heavy atom. The van der Waals surface area contributed by atoms with Crippen molar-refractivity contribution in [2.45, 2.75) is 19.3 Å². The first kappa shape index (κ1) is 14.8. The van der Waals surface area contributed by atoms with Crippen molar-refractivity contribution < 1.29 is 9.53 Å². The van der Waals surface area contributed by atoms with E-state index in [1.54, 1.807) is 0 Å². The van der Waals surface area contributed by atoms with Crippen molar-refractivity contribution in [3.63, 3.8) is 0 Å². The maximum Gasteiger partial charge on any atom is 0.224 e. The molecule has 0 aromatic heterocycles. The van der Waals surface area contributed by atoms with Crippen molar-refractivity contribution in [2.75, 3.05) is 43.1 Å². The van der Waals surface area contributed by atoms with Crippen molar-refractivity contribution in [2.24, 2.45) is 5.73 Å². The fraction of sp³-hybridized carbons (Fsp3) is 0.533. The molecule has 20 heavy (non-hydrogen) atoms. The molecular formula is C15H23N3O2. The van der Waals surface area contributed by atoms with Gasteiger partial charge in [-0.3, -0.25) is 4.79 Å². The summed E-state index contributed by atoms with van der Waals surface area (Å²) in [6.07, 6.45) is 2.26. The first-order valence-corrected chi connectivity index (χ1v) is 7.22. The van der Waals surface area contributed by atoms with E-state index < -0.39 is 0 Å². The van der Waals surface area contributed by atoms with Gasteiger partial charge in [0.25, 0.3) is 0 Å². The van der Waals surface area contributed by atoms with E-state index in [4.69, 9.17) is 10.5 Å². The van der Waals surface area contributed by atoms with E-state index in [-0.39, 0.29) is 5.91 Å². The molecule has 5 heteroatoms. The van der Waals surface area contributed by atoms with Gasteiger partial charge in [0, 0.05) is 30.9 Å². The lowest BCUT2D eigenvalue weighted by molar-refractivity contribution is -0.116. The SMILES string of the molecule is NCCCCC(=O)Nc1ccc(N2CCOCC2)cc1. The van der Waals surface area contributed by atoms with Crippen LogP contribution >= 0.6 is 0 Å². The molecule has 0 atom stereocenters. The Balaban J connectivity index is 1.83. The zero-order valence-corrected chi connectivity index (χ0v) is 11.8. The first-order chi connectivity index (χ1) is 9.79. The van der Waals surface area contributed by atoms with Gasteiger partial charge in [-0.05, 0) is 43.7 Å². The first-order valence-electron chi connectivity index (χ1n) is 7.22. The van der Waals surface area contributed by atoms with Crippen LogP contribution in [0.5, 0.6) is 0 Å². The third-order valence-electron chi connectivity index (χ3n) is 3.39. The fourth-order valence-corrected chi connectivity index (χ4v) is 2.23. The Hall–Kier alpha value is -1.59. The standard InChI is InChI=1S/C15H23N3O2/c16-8-2-1-3-15(19)17-13-4-6-14(7-5-13)18-9-11-20-12-10-18/h4-7H,1-3,8-12,16H2,(H,17,19). The Morgan fingerprint density at radius 1 is 1.20 bits per heavy atom. The van der Waals surface area contributed by atoms with Crippen LogP contribution in [0.2, 0.25) is 0 Å². The number of hydrogen-bond acceptors (Lipinski definition) is 4. The Kier molecular flexibility index (Phi) is 5.83. The van der Waals surface area contributed by atoms with Gasteiger partial charge < -0.3 is 20.7 Å². The minimum Gasteiger partial charge on any atom is -0.378 e. The van der Waals surface area contributed by atoms with Gasteiger partial charge in [-0.25, -0.2) is 0 Å². The van der Waals surface area contributed by atoms with Crippen LogP contribution in [0.3, 0.4) is 0 Å². The van der Waals surface area contributed by atoms with E-state index in [9.17, 15) is 4.79 Å². The molecule has 3 N–H and O–H groups in total. The predicted molar refractivity (Wildman–Crippen MR) is 81.0 cm³/mol. The number of amides is 1. The van der Waals surface area contributed by atoms with E-state index in [0.29, 0.717) is 13.0 Å². The maximum absolute atomic E-state index is 11.7. The number of anilines is 2. The highest BCUT2D eigenvalue weighted by molar-refractivity contribution is 5.90. The lowest BCUT2D eigenvalue weighted by Gasteiger charge is -2.28. The largest absolute Gasteiger partial charge is 0.378 e. The number of rotatable bonds is 6. The van der Waals surface area contributed by atoms with Crippen LogP contribution in [0.15, 0.2) is 24.3 Å². The molecule has 1 heterocycles. The molecule has 0 bridgehead atoms. The molecule has 0 saturated carbocycles. The van der Waals surface area contributed by atoms with Crippen LogP contribution in [0.4, 0.5) is 11.4 Å². The normalized spacial score (nSPS) is 15.2. The molecule has 2 rings (SSSR count). The van der Waals surface area contributed by atoms with E-state index in [1.165, 1.54) is 5.69 Å². The summed E-state index contributed by atoms with van der Waals surface area (Å²) in [5, 5.41) is 2.91. The van der Waals surface area contributed by atoms with Gasteiger partial charge in [0.05, 0.1) is 13.2 Å². The molecule has 1 amide bonds. The van der Waals surface area contributed by atoms with Gasteiger partial charge in [-0.2, -0.15) is 0 Å². The zero-order valence-electron chi connectivity index (χ0n) is 11.8. The number of nitrogens with two attached hydrogens (primary N) is 1. The second-order valence-corrected chi connectivity index (χ2v) is 4.94. The van der Waals surface area contributed by atoms with E-state index >= 15 is 0 Å². The number of carbonyl (C=O) groups excluding carboxylic acids is 1. The summed E-state index contributed by atoms with van der Waals surface area (Å²) >= 11 is 0. The average Bonchev–Trinajstić information content (AvgIpc) is 2.49. The Morgan fingerprint density at radius 2 is 1.90 bits per heavy atom. The molecule has 0 spiro atoms. The van der Waals surface area contributed by atoms with E-state index in [2.05, 4.69) is 10.2 Å². The molecule has 0 radical (unpaired) electrons. The van der Waals surface area contributed by atoms with Crippen molar-refractivity contribution in [1.82, 2.24) is 0 Å². The smallest absolute Gasteiger partial charge is 0.224 e. The van der Waals surface area contributed by atoms with Crippen LogP contribution in [-0.4, -0.2) is 38.8 Å². The van der Waals surface area contributed by atoms with Gasteiger partial charge in [0.2, 0.25) is 5.91 Å². The van der Waals surface area contributed by atoms with Crippen molar-refractivity contribution in [3.05, 3.63) is 24.3 Å². The van der Waals surface area contributed by atoms with Crippen LogP contribution in [0.1, 0.15) is 19.3 Å². The number of nitrogens with zero attached hydrogens (tertiary/aromatic N) is 1. The van der Waals surface area contributed by atoms with Gasteiger partial charge in [0.15, 0.2) is 0 Å². The number of benzene rings is 1. The van der Waals surface area contributed by atoms with Crippen LogP contribution < -0.4 is 16.0 Å². The number of hydrogen-bond donors (Lipinski definition) is 2. The molecule has 110 valence electrons. The molecule has 1 aromatic carbocycles. The summed E-state index contributed by atoms with van der Waals surface area (Å²) in [7, 11) is 0. The summed E-state index contributed by atoms with van der Waals surface area (Å²) in [4.78, 5) is 14.0. The van der Waals surface area contributed by atoms with Crippen LogP contribution in [0, 0.1) is 0 Å². The summed E-state index contributed by atoms with van der Waals surface area (Å²) in [6.45, 7) is 4.04. The summed E-state index contributed by atoms with van der Waals surface area (Å²) in [6, 6.07) is 7.99. The van der Waals surface area contributed by atoms with Crippen molar-refractivity contribution >= 4 is 17.3 Å². The molecule has 1 saturated heterocycles. The molecular weight excluding hydrogens is 254 g/mol. The van der Waals surface area contributed by atoms with Crippen LogP contribution in [0.25, 0.3) is 0 Å². The predicted octanol–water partition coefficient (Wildman–Crippen LogP) is 1.59. The summed E-state index contributed by atoms with van der Waals surface area (Å²) in [5.74, 6) is 0.0533. The number of morpholine rings is 1. The average molecular weight is 277 g/mol. The highest BCUT2D eigenvalue weighted by Gasteiger charge is 2.11. The highest BCUT2D eigenvalue weighted by Crippen LogP contribution is 2.19. The molecule has 1 aliphatic heterocycles. The number of ether oxygens (including phenoxy) is 1. The van der Waals surface area contributed by atoms with Gasteiger partial charge in [0.1, 0.15) is 0 Å². The minimum atomic E-state index is 0.0533. The Bertz CT molecular complexity index is 414. The van der Waals surface area contributed by atoms with E-state index in [1.807, 2.05) is 24.3 Å². The summed E-state index contributed by atoms with van der Waals surface area (Å²) in [5.41, 5.74) is 7.43. The topological polar surface area (TPSA) is 67.6 Å². The lowest BCUT2D eigenvalue weighted by Crippen LogP contribution is -2.36. The molecule has 1 aliphatic rings. The van der Waals surface area contributed by atoms with E-state index in [0.717, 1.165) is 44.8 Å². The third-order valence-corrected chi connectivity index (χ3v) is 3.39. The molecule has 1 aromatic rings. The van der Waals surface area contributed by atoms with Crippen molar-refractivity contribution in [3.8, 4) is 0 Å². The summed E-state index contributed by atoms with van der Waals surface area (Å²) < 4.78 is 5.34. The molecule has 5 nitrogen and oxygen atoms in total. The fourth-order valence-electron chi connectivity index (χ4n) is 2.23. The minimum absolute atomic E-state index is 0.0533. The molecule has 1 fully saturated rings. The van der Waals surface area contributed by atoms with Crippen LogP contribution in [-0.2, 0) is 9.53 Å².